The number of ether oxygens (including phenoxy) is 2. The predicted octanol–water partition coefficient (Wildman–Crippen LogP) is 5.82. The minimum Gasteiger partial charge on any atom is -0.490 e. The van der Waals surface area contributed by atoms with Crippen molar-refractivity contribution in [3.63, 3.8) is 0 Å². The zero-order valence-electron chi connectivity index (χ0n) is 22.0. The SMILES string of the molecule is C=CCc1cc(/C=C2\C(=O)NC(=O)N(c3ccc(C)c(C)c3)C2=O)cc(OCC)c1OCc1ccccc1F. The van der Waals surface area contributed by atoms with E-state index in [0.29, 0.717) is 46.9 Å². The molecule has 7 nitrogen and oxygen atoms in total. The molecule has 0 saturated carbocycles. The van der Waals surface area contributed by atoms with Gasteiger partial charge < -0.3 is 9.47 Å². The van der Waals surface area contributed by atoms with Crippen LogP contribution in [0.3, 0.4) is 0 Å². The van der Waals surface area contributed by atoms with Gasteiger partial charge in [-0.2, -0.15) is 0 Å². The summed E-state index contributed by atoms with van der Waals surface area (Å²) in [6.07, 6.45) is 3.47. The van der Waals surface area contributed by atoms with Crippen LogP contribution >= 0.6 is 0 Å². The molecule has 1 heterocycles. The molecule has 0 atom stereocenters. The van der Waals surface area contributed by atoms with E-state index < -0.39 is 17.8 Å². The van der Waals surface area contributed by atoms with Crippen LogP contribution in [0, 0.1) is 19.7 Å². The zero-order chi connectivity index (χ0) is 28.1. The van der Waals surface area contributed by atoms with Crippen LogP contribution in [0.4, 0.5) is 14.9 Å². The number of nitrogens with one attached hydrogen (secondary N) is 1. The zero-order valence-corrected chi connectivity index (χ0v) is 22.0. The third kappa shape index (κ3) is 5.90. The van der Waals surface area contributed by atoms with Crippen molar-refractivity contribution < 1.29 is 28.2 Å². The van der Waals surface area contributed by atoms with Gasteiger partial charge in [0.15, 0.2) is 11.5 Å². The molecule has 1 saturated heterocycles. The minimum absolute atomic E-state index is 0.0226. The molecule has 8 heteroatoms. The Morgan fingerprint density at radius 3 is 2.44 bits per heavy atom. The number of nitrogens with zero attached hydrogens (tertiary/aromatic N) is 1. The van der Waals surface area contributed by atoms with Gasteiger partial charge in [-0.3, -0.25) is 14.9 Å². The fraction of sp³-hybridized carbons (Fsp3) is 0.194. The van der Waals surface area contributed by atoms with E-state index in [9.17, 15) is 18.8 Å². The van der Waals surface area contributed by atoms with Crippen molar-refractivity contribution in [2.45, 2.75) is 33.8 Å². The maximum atomic E-state index is 14.2. The number of hydrogen-bond donors (Lipinski definition) is 1. The number of carbonyl (C=O) groups is 3. The number of allylic oxidation sites excluding steroid dienone is 1. The summed E-state index contributed by atoms with van der Waals surface area (Å²) in [7, 11) is 0. The van der Waals surface area contributed by atoms with Crippen LogP contribution < -0.4 is 19.7 Å². The summed E-state index contributed by atoms with van der Waals surface area (Å²) in [5.41, 5.74) is 3.60. The molecular weight excluding hydrogens is 499 g/mol. The summed E-state index contributed by atoms with van der Waals surface area (Å²) in [6, 6.07) is 14.1. The van der Waals surface area contributed by atoms with Gasteiger partial charge in [0.05, 0.1) is 12.3 Å². The molecule has 1 N–H and O–H groups in total. The smallest absolute Gasteiger partial charge is 0.335 e. The number of imide groups is 2. The van der Waals surface area contributed by atoms with Gasteiger partial charge in [0.1, 0.15) is 18.0 Å². The molecule has 1 aliphatic rings. The summed E-state index contributed by atoms with van der Waals surface area (Å²) in [6.45, 7) is 9.71. The molecule has 1 fully saturated rings. The van der Waals surface area contributed by atoms with E-state index in [-0.39, 0.29) is 18.0 Å². The van der Waals surface area contributed by atoms with Gasteiger partial charge in [-0.1, -0.05) is 30.3 Å². The van der Waals surface area contributed by atoms with Crippen molar-refractivity contribution in [2.24, 2.45) is 0 Å². The number of halogens is 1. The first kappa shape index (κ1) is 27.3. The molecule has 39 heavy (non-hydrogen) atoms. The van der Waals surface area contributed by atoms with Crippen molar-refractivity contribution in [3.05, 3.63) is 106 Å². The Labute approximate surface area is 226 Å². The molecule has 0 unspecified atom stereocenters. The fourth-order valence-corrected chi connectivity index (χ4v) is 4.19. The van der Waals surface area contributed by atoms with Crippen LogP contribution in [0.5, 0.6) is 11.5 Å². The van der Waals surface area contributed by atoms with Crippen molar-refractivity contribution >= 4 is 29.6 Å². The first-order chi connectivity index (χ1) is 18.7. The van der Waals surface area contributed by atoms with Crippen LogP contribution in [-0.2, 0) is 22.6 Å². The summed E-state index contributed by atoms with van der Waals surface area (Å²) >= 11 is 0. The standard InChI is InChI=1S/C31H29FN2O5/c1-5-9-22-15-21(17-27(38-6-2)28(22)39-18-23-10-7-8-11-26(23)32)16-25-29(35)33-31(37)34(30(25)36)24-13-12-19(3)20(4)14-24/h5,7-8,10-17H,1,6,9,18H2,2-4H3,(H,33,35,37)/b25-16+. The molecule has 0 radical (unpaired) electrons. The predicted molar refractivity (Wildman–Crippen MR) is 147 cm³/mol. The molecule has 3 aromatic rings. The average molecular weight is 529 g/mol. The highest BCUT2D eigenvalue weighted by atomic mass is 19.1. The fourth-order valence-electron chi connectivity index (χ4n) is 4.19. The van der Waals surface area contributed by atoms with Crippen molar-refractivity contribution in [1.29, 1.82) is 0 Å². The largest absolute Gasteiger partial charge is 0.490 e. The third-order valence-corrected chi connectivity index (χ3v) is 6.31. The molecule has 0 spiro atoms. The van der Waals surface area contributed by atoms with E-state index in [2.05, 4.69) is 11.9 Å². The van der Waals surface area contributed by atoms with E-state index in [1.807, 2.05) is 20.8 Å². The second-order valence-electron chi connectivity index (χ2n) is 9.04. The molecule has 1 aliphatic heterocycles. The van der Waals surface area contributed by atoms with Gasteiger partial charge in [0.25, 0.3) is 11.8 Å². The lowest BCUT2D eigenvalue weighted by molar-refractivity contribution is -0.122. The topological polar surface area (TPSA) is 84.9 Å². The lowest BCUT2D eigenvalue weighted by Gasteiger charge is -2.27. The van der Waals surface area contributed by atoms with E-state index in [1.54, 1.807) is 54.6 Å². The lowest BCUT2D eigenvalue weighted by atomic mass is 10.0. The maximum Gasteiger partial charge on any atom is 0.335 e. The monoisotopic (exact) mass is 528 g/mol. The number of benzene rings is 3. The lowest BCUT2D eigenvalue weighted by Crippen LogP contribution is -2.54. The highest BCUT2D eigenvalue weighted by Gasteiger charge is 2.37. The van der Waals surface area contributed by atoms with Gasteiger partial charge in [-0.15, -0.1) is 6.58 Å². The summed E-state index contributed by atoms with van der Waals surface area (Å²) in [4.78, 5) is 39.7. The molecule has 0 aliphatic carbocycles. The van der Waals surface area contributed by atoms with Crippen LogP contribution in [0.25, 0.3) is 6.08 Å². The number of barbiturate groups is 1. The van der Waals surface area contributed by atoms with E-state index in [0.717, 1.165) is 16.0 Å². The number of urea groups is 1. The van der Waals surface area contributed by atoms with Crippen LogP contribution in [0.15, 0.2) is 72.8 Å². The highest BCUT2D eigenvalue weighted by molar-refractivity contribution is 6.39. The quantitative estimate of drug-likeness (QED) is 0.215. The first-order valence-electron chi connectivity index (χ1n) is 12.5. The Kier molecular flexibility index (Phi) is 8.24. The highest BCUT2D eigenvalue weighted by Crippen LogP contribution is 2.36. The van der Waals surface area contributed by atoms with Gasteiger partial charge in [-0.05, 0) is 80.3 Å². The second-order valence-corrected chi connectivity index (χ2v) is 9.04. The number of amides is 4. The van der Waals surface area contributed by atoms with Gasteiger partial charge in [0.2, 0.25) is 0 Å². The molecule has 0 bridgehead atoms. The van der Waals surface area contributed by atoms with Crippen LogP contribution in [-0.4, -0.2) is 24.5 Å². The van der Waals surface area contributed by atoms with Gasteiger partial charge in [0, 0.05) is 11.1 Å². The maximum absolute atomic E-state index is 14.2. The van der Waals surface area contributed by atoms with Crippen molar-refractivity contribution in [1.82, 2.24) is 5.32 Å². The number of hydrogen-bond acceptors (Lipinski definition) is 5. The Morgan fingerprint density at radius 2 is 1.74 bits per heavy atom. The Hall–Kier alpha value is -4.72. The van der Waals surface area contributed by atoms with Crippen LogP contribution in [0.1, 0.15) is 34.7 Å². The number of aryl methyl sites for hydroxylation is 2. The van der Waals surface area contributed by atoms with Crippen molar-refractivity contribution in [2.75, 3.05) is 11.5 Å². The molecular formula is C31H29FN2O5. The molecule has 0 aromatic heterocycles. The van der Waals surface area contributed by atoms with Gasteiger partial charge >= 0.3 is 6.03 Å². The van der Waals surface area contributed by atoms with Gasteiger partial charge in [-0.25, -0.2) is 14.1 Å². The Balaban J connectivity index is 1.73. The third-order valence-electron chi connectivity index (χ3n) is 6.31. The number of rotatable bonds is 9. The Bertz CT molecular complexity index is 1490. The second kappa shape index (κ2) is 11.8. The minimum atomic E-state index is -0.815. The average Bonchev–Trinajstić information content (AvgIpc) is 2.89. The Morgan fingerprint density at radius 1 is 0.974 bits per heavy atom. The summed E-state index contributed by atoms with van der Waals surface area (Å²) < 4.78 is 26.0. The number of anilines is 1. The molecule has 3 aromatic carbocycles. The van der Waals surface area contributed by atoms with E-state index >= 15 is 0 Å². The first-order valence-corrected chi connectivity index (χ1v) is 12.5. The number of carbonyl (C=O) groups excluding carboxylic acids is 3. The van der Waals surface area contributed by atoms with Crippen molar-refractivity contribution in [3.8, 4) is 11.5 Å². The molecule has 4 amide bonds. The summed E-state index contributed by atoms with van der Waals surface area (Å²) in [5, 5.41) is 2.25. The summed E-state index contributed by atoms with van der Waals surface area (Å²) in [5.74, 6) is -1.14. The normalized spacial score (nSPS) is 14.4. The van der Waals surface area contributed by atoms with E-state index in [4.69, 9.17) is 9.47 Å². The molecule has 200 valence electrons. The molecule has 4 rings (SSSR count). The van der Waals surface area contributed by atoms with E-state index in [1.165, 1.54) is 12.1 Å². The van der Waals surface area contributed by atoms with Crippen LogP contribution in [0.2, 0.25) is 0 Å².